The molecule has 0 aliphatic heterocycles. The van der Waals surface area contributed by atoms with E-state index in [0.717, 1.165) is 16.5 Å². The van der Waals surface area contributed by atoms with Gasteiger partial charge in [0, 0.05) is 23.1 Å². The fraction of sp³-hybridized carbons (Fsp3) is 0.0588. The molecule has 0 saturated carbocycles. The summed E-state index contributed by atoms with van der Waals surface area (Å²) in [4.78, 5) is 16.6. The maximum absolute atomic E-state index is 11.9. The standard InChI is InChI=1S/C17H15N3O.ClH/c18-10-13-15(17(19)21)12-8-4-5-9-14(12)20-16(13)11-6-2-1-3-7-11;/h1-9H,10,18H2,(H2,19,21);1H. The predicted molar refractivity (Wildman–Crippen MR) is 90.8 cm³/mol. The molecule has 4 N–H and O–H groups in total. The Morgan fingerprint density at radius 2 is 1.64 bits per heavy atom. The number of nitrogens with zero attached hydrogens (tertiary/aromatic N) is 1. The van der Waals surface area contributed by atoms with E-state index in [-0.39, 0.29) is 19.0 Å². The Morgan fingerprint density at radius 1 is 1.00 bits per heavy atom. The molecule has 0 fully saturated rings. The summed E-state index contributed by atoms with van der Waals surface area (Å²) in [5.41, 5.74) is 15.0. The number of halogens is 1. The number of carbonyl (C=O) groups excluding carboxylic acids is 1. The Bertz CT molecular complexity index is 819. The maximum Gasteiger partial charge on any atom is 0.249 e. The molecule has 0 atom stereocenters. The van der Waals surface area contributed by atoms with Crippen molar-refractivity contribution in [2.45, 2.75) is 6.54 Å². The van der Waals surface area contributed by atoms with Crippen LogP contribution < -0.4 is 11.5 Å². The minimum absolute atomic E-state index is 0. The highest BCUT2D eigenvalue weighted by atomic mass is 35.5. The van der Waals surface area contributed by atoms with Gasteiger partial charge >= 0.3 is 0 Å². The van der Waals surface area contributed by atoms with Crippen LogP contribution in [0.15, 0.2) is 54.6 Å². The Morgan fingerprint density at radius 3 is 2.27 bits per heavy atom. The minimum Gasteiger partial charge on any atom is -0.366 e. The quantitative estimate of drug-likeness (QED) is 0.780. The summed E-state index contributed by atoms with van der Waals surface area (Å²) in [6, 6.07) is 17.1. The summed E-state index contributed by atoms with van der Waals surface area (Å²) in [7, 11) is 0. The first kappa shape index (κ1) is 15.9. The van der Waals surface area contributed by atoms with Gasteiger partial charge in [-0.25, -0.2) is 4.98 Å². The fourth-order valence-corrected chi connectivity index (χ4v) is 2.57. The maximum atomic E-state index is 11.9. The summed E-state index contributed by atoms with van der Waals surface area (Å²) >= 11 is 0. The van der Waals surface area contributed by atoms with Crippen LogP contribution in [0.5, 0.6) is 0 Å². The number of aromatic nitrogens is 1. The molecule has 5 heteroatoms. The predicted octanol–water partition coefficient (Wildman–Crippen LogP) is 2.88. The molecule has 3 aromatic rings. The number of carbonyl (C=O) groups is 1. The smallest absolute Gasteiger partial charge is 0.249 e. The van der Waals surface area contributed by atoms with Crippen LogP contribution in [0, 0.1) is 0 Å². The molecule has 0 aliphatic carbocycles. The number of primary amides is 1. The average molecular weight is 314 g/mol. The zero-order valence-electron chi connectivity index (χ0n) is 11.8. The number of hydrogen-bond donors (Lipinski definition) is 2. The summed E-state index contributed by atoms with van der Waals surface area (Å²) in [5.74, 6) is -0.480. The first-order valence-corrected chi connectivity index (χ1v) is 6.69. The van der Waals surface area contributed by atoms with E-state index in [1.165, 1.54) is 0 Å². The summed E-state index contributed by atoms with van der Waals surface area (Å²) < 4.78 is 0. The van der Waals surface area contributed by atoms with E-state index < -0.39 is 5.91 Å². The van der Waals surface area contributed by atoms with Crippen LogP contribution in [0.2, 0.25) is 0 Å². The van der Waals surface area contributed by atoms with Gasteiger partial charge in [-0.1, -0.05) is 48.5 Å². The van der Waals surface area contributed by atoms with Gasteiger partial charge in [-0.3, -0.25) is 4.79 Å². The number of hydrogen-bond acceptors (Lipinski definition) is 3. The highest BCUT2D eigenvalue weighted by molar-refractivity contribution is 6.08. The topological polar surface area (TPSA) is 82.0 Å². The minimum atomic E-state index is -0.480. The van der Waals surface area contributed by atoms with E-state index >= 15 is 0 Å². The van der Waals surface area contributed by atoms with Crippen LogP contribution in [0.25, 0.3) is 22.2 Å². The molecule has 112 valence electrons. The lowest BCUT2D eigenvalue weighted by Gasteiger charge is -2.14. The van der Waals surface area contributed by atoms with Crippen molar-refractivity contribution >= 4 is 29.2 Å². The number of amides is 1. The van der Waals surface area contributed by atoms with Crippen LogP contribution in [-0.2, 0) is 6.54 Å². The second-order valence-corrected chi connectivity index (χ2v) is 4.77. The molecule has 1 heterocycles. The van der Waals surface area contributed by atoms with Crippen molar-refractivity contribution < 1.29 is 4.79 Å². The van der Waals surface area contributed by atoms with Crippen LogP contribution in [0.1, 0.15) is 15.9 Å². The second kappa shape index (κ2) is 6.56. The van der Waals surface area contributed by atoms with E-state index in [0.29, 0.717) is 16.8 Å². The van der Waals surface area contributed by atoms with Crippen LogP contribution in [0.4, 0.5) is 0 Å². The molecule has 0 saturated heterocycles. The molecule has 0 aliphatic rings. The van der Waals surface area contributed by atoms with E-state index in [1.54, 1.807) is 0 Å². The number of fused-ring (bicyclic) bond motifs is 1. The summed E-state index contributed by atoms with van der Waals surface area (Å²) in [5, 5.41) is 0.741. The number of benzene rings is 2. The lowest BCUT2D eigenvalue weighted by atomic mass is 9.96. The van der Waals surface area contributed by atoms with Gasteiger partial charge in [0.1, 0.15) is 0 Å². The van der Waals surface area contributed by atoms with Gasteiger partial charge in [0.2, 0.25) is 5.91 Å². The lowest BCUT2D eigenvalue weighted by Crippen LogP contribution is -2.18. The molecular weight excluding hydrogens is 298 g/mol. The Balaban J connectivity index is 0.00000176. The molecule has 0 bridgehead atoms. The first-order chi connectivity index (χ1) is 10.2. The summed E-state index contributed by atoms with van der Waals surface area (Å²) in [6.45, 7) is 0.209. The molecular formula is C17H16ClN3O. The molecule has 0 unspecified atom stereocenters. The van der Waals surface area contributed by atoms with E-state index in [2.05, 4.69) is 4.98 Å². The van der Waals surface area contributed by atoms with Crippen molar-refractivity contribution in [1.29, 1.82) is 0 Å². The molecule has 3 rings (SSSR count). The van der Waals surface area contributed by atoms with Gasteiger partial charge in [0.05, 0.1) is 16.8 Å². The van der Waals surface area contributed by atoms with Crippen molar-refractivity contribution in [3.63, 3.8) is 0 Å². The number of para-hydroxylation sites is 1. The molecule has 4 nitrogen and oxygen atoms in total. The van der Waals surface area contributed by atoms with E-state index in [4.69, 9.17) is 11.5 Å². The highest BCUT2D eigenvalue weighted by Gasteiger charge is 2.18. The Kier molecular flexibility index (Phi) is 4.75. The Labute approximate surface area is 134 Å². The zero-order valence-corrected chi connectivity index (χ0v) is 12.6. The largest absolute Gasteiger partial charge is 0.366 e. The van der Waals surface area contributed by atoms with Crippen molar-refractivity contribution in [2.24, 2.45) is 11.5 Å². The van der Waals surface area contributed by atoms with Gasteiger partial charge in [-0.2, -0.15) is 0 Å². The van der Waals surface area contributed by atoms with Crippen LogP contribution >= 0.6 is 12.4 Å². The molecule has 22 heavy (non-hydrogen) atoms. The van der Waals surface area contributed by atoms with Crippen LogP contribution in [0.3, 0.4) is 0 Å². The third-order valence-corrected chi connectivity index (χ3v) is 3.49. The van der Waals surface area contributed by atoms with Crippen molar-refractivity contribution in [1.82, 2.24) is 4.98 Å². The lowest BCUT2D eigenvalue weighted by molar-refractivity contribution is 0.100. The molecule has 0 spiro atoms. The molecule has 2 aromatic carbocycles. The number of nitrogens with two attached hydrogens (primary N) is 2. The fourth-order valence-electron chi connectivity index (χ4n) is 2.57. The number of pyridine rings is 1. The van der Waals surface area contributed by atoms with Crippen molar-refractivity contribution in [3.05, 3.63) is 65.7 Å². The monoisotopic (exact) mass is 313 g/mol. The first-order valence-electron chi connectivity index (χ1n) is 6.69. The second-order valence-electron chi connectivity index (χ2n) is 4.77. The van der Waals surface area contributed by atoms with Crippen molar-refractivity contribution in [3.8, 4) is 11.3 Å². The SMILES string of the molecule is Cl.NCc1c(-c2ccccc2)nc2ccccc2c1C(N)=O. The third kappa shape index (κ3) is 2.66. The third-order valence-electron chi connectivity index (χ3n) is 3.49. The molecule has 1 aromatic heterocycles. The van der Waals surface area contributed by atoms with E-state index in [9.17, 15) is 4.79 Å². The zero-order chi connectivity index (χ0) is 14.8. The van der Waals surface area contributed by atoms with Gasteiger partial charge in [0.15, 0.2) is 0 Å². The van der Waals surface area contributed by atoms with Gasteiger partial charge in [0.25, 0.3) is 0 Å². The molecule has 1 amide bonds. The highest BCUT2D eigenvalue weighted by Crippen LogP contribution is 2.29. The normalized spacial score (nSPS) is 10.2. The number of rotatable bonds is 3. The van der Waals surface area contributed by atoms with Gasteiger partial charge in [-0.05, 0) is 6.07 Å². The molecule has 0 radical (unpaired) electrons. The van der Waals surface area contributed by atoms with Crippen molar-refractivity contribution in [2.75, 3.05) is 0 Å². The van der Waals surface area contributed by atoms with Gasteiger partial charge in [-0.15, -0.1) is 12.4 Å². The average Bonchev–Trinajstić information content (AvgIpc) is 2.53. The Hall–Kier alpha value is -2.43. The van der Waals surface area contributed by atoms with Crippen LogP contribution in [-0.4, -0.2) is 10.9 Å². The van der Waals surface area contributed by atoms with Gasteiger partial charge < -0.3 is 11.5 Å². The van der Waals surface area contributed by atoms with E-state index in [1.807, 2.05) is 54.6 Å². The summed E-state index contributed by atoms with van der Waals surface area (Å²) in [6.07, 6.45) is 0.